The molecule has 0 amide bonds. The molecule has 10 heteroatoms. The Morgan fingerprint density at radius 2 is 1.59 bits per heavy atom. The third-order valence-corrected chi connectivity index (χ3v) is 2.52. The van der Waals surface area contributed by atoms with Crippen molar-refractivity contribution in [3.8, 4) is 0 Å². The van der Waals surface area contributed by atoms with Gasteiger partial charge in [0.05, 0.1) is 0 Å². The summed E-state index contributed by atoms with van der Waals surface area (Å²) in [4.78, 5) is 10.8. The molecule has 0 aromatic heterocycles. The Morgan fingerprint density at radius 1 is 1.09 bits per heavy atom. The maximum Gasteiger partial charge on any atom is 0.469 e. The Labute approximate surface area is 121 Å². The van der Waals surface area contributed by atoms with Crippen LogP contribution < -0.4 is 0 Å². The lowest BCUT2D eigenvalue weighted by atomic mass is 10.1. The molecule has 0 bridgehead atoms. The van der Waals surface area contributed by atoms with E-state index in [0.29, 0.717) is 0 Å². The molecule has 0 aromatic carbocycles. The van der Waals surface area contributed by atoms with Crippen LogP contribution >= 0.6 is 0 Å². The highest BCUT2D eigenvalue weighted by Gasteiger charge is 2.65. The van der Waals surface area contributed by atoms with E-state index in [4.69, 9.17) is 0 Å². The van der Waals surface area contributed by atoms with Gasteiger partial charge in [0.1, 0.15) is 0 Å². The zero-order valence-electron chi connectivity index (χ0n) is 11.5. The topological polar surface area (TPSA) is 26.3 Å². The fraction of sp³-hybridized carbons (Fsp3) is 0.750. The minimum absolute atomic E-state index is 0.601. The van der Waals surface area contributed by atoms with Crippen molar-refractivity contribution in [1.82, 2.24) is 0 Å². The highest BCUT2D eigenvalue weighted by Crippen LogP contribution is 2.41. The zero-order chi connectivity index (χ0) is 17.8. The smallest absolute Gasteiger partial charge is 0.393 e. The minimum Gasteiger partial charge on any atom is -0.393 e. The Hall–Kier alpha value is -1.35. The lowest BCUT2D eigenvalue weighted by Crippen LogP contribution is -2.50. The number of carbonyl (C=O) groups excluding carboxylic acids is 1. The molecular weight excluding hydrogens is 328 g/mol. The van der Waals surface area contributed by atoms with E-state index >= 15 is 0 Å². The molecule has 22 heavy (non-hydrogen) atoms. The molecule has 130 valence electrons. The quantitative estimate of drug-likeness (QED) is 0.274. The number of hydrogen-bond acceptors (Lipinski definition) is 2. The van der Waals surface area contributed by atoms with Gasteiger partial charge >= 0.3 is 24.2 Å². The highest BCUT2D eigenvalue weighted by atomic mass is 19.4. The maximum atomic E-state index is 13.2. The van der Waals surface area contributed by atoms with E-state index in [1.54, 1.807) is 0 Å². The first-order valence-corrected chi connectivity index (χ1v) is 6.06. The Bertz CT molecular complexity index is 402. The van der Waals surface area contributed by atoms with Gasteiger partial charge in [0, 0.05) is 12.0 Å². The van der Waals surface area contributed by atoms with Crippen molar-refractivity contribution in [2.24, 2.45) is 0 Å². The lowest BCUT2D eigenvalue weighted by Gasteiger charge is -2.28. The third-order valence-electron chi connectivity index (χ3n) is 2.52. The van der Waals surface area contributed by atoms with Gasteiger partial charge in [-0.3, -0.25) is 0 Å². The standard InChI is InChI=1S/C12H14F8O2/c1-7(2)9(21)22-12(19,20)11(17,18)8(13)5-3-4-6-10(14,15)16/h8H,1,3-6H2,2H3. The van der Waals surface area contributed by atoms with Gasteiger partial charge in [-0.15, -0.1) is 0 Å². The fourth-order valence-corrected chi connectivity index (χ4v) is 1.28. The molecule has 0 radical (unpaired) electrons. The molecule has 1 atom stereocenters. The summed E-state index contributed by atoms with van der Waals surface area (Å²) in [5, 5.41) is 0. The van der Waals surface area contributed by atoms with Crippen LogP contribution in [0.3, 0.4) is 0 Å². The van der Waals surface area contributed by atoms with Gasteiger partial charge in [-0.1, -0.05) is 6.58 Å². The van der Waals surface area contributed by atoms with Crippen molar-refractivity contribution in [3.63, 3.8) is 0 Å². The van der Waals surface area contributed by atoms with Crippen molar-refractivity contribution >= 4 is 5.97 Å². The van der Waals surface area contributed by atoms with Gasteiger partial charge in [-0.25, -0.2) is 9.18 Å². The van der Waals surface area contributed by atoms with Gasteiger partial charge in [-0.2, -0.15) is 30.7 Å². The minimum atomic E-state index is -5.44. The van der Waals surface area contributed by atoms with Crippen LogP contribution in [0.15, 0.2) is 12.2 Å². The molecule has 0 saturated carbocycles. The molecule has 1 unspecified atom stereocenters. The molecule has 0 saturated heterocycles. The van der Waals surface area contributed by atoms with Gasteiger partial charge in [0.15, 0.2) is 6.17 Å². The second-order valence-corrected chi connectivity index (χ2v) is 4.64. The summed E-state index contributed by atoms with van der Waals surface area (Å²) >= 11 is 0. The normalized spacial score (nSPS) is 14.6. The number of esters is 1. The lowest BCUT2D eigenvalue weighted by molar-refractivity contribution is -0.345. The summed E-state index contributed by atoms with van der Waals surface area (Å²) in [6, 6.07) is 0. The molecule has 0 fully saturated rings. The predicted octanol–water partition coefficient (Wildman–Crippen LogP) is 4.79. The number of alkyl halides is 8. The number of unbranched alkanes of at least 4 members (excludes halogenated alkanes) is 1. The van der Waals surface area contributed by atoms with Gasteiger partial charge in [0.2, 0.25) is 0 Å². The van der Waals surface area contributed by atoms with E-state index in [2.05, 4.69) is 11.3 Å². The van der Waals surface area contributed by atoms with Crippen LogP contribution in [0.4, 0.5) is 35.1 Å². The third kappa shape index (κ3) is 6.18. The second-order valence-electron chi connectivity index (χ2n) is 4.64. The first kappa shape index (κ1) is 20.6. The molecular formula is C12H14F8O2. The molecule has 0 rings (SSSR count). The number of rotatable bonds is 8. The predicted molar refractivity (Wildman–Crippen MR) is 60.2 cm³/mol. The SMILES string of the molecule is C=C(C)C(=O)OC(F)(F)C(F)(F)C(F)CCCCC(F)(F)F. The monoisotopic (exact) mass is 342 g/mol. The van der Waals surface area contributed by atoms with Crippen LogP contribution in [0.1, 0.15) is 32.6 Å². The number of halogens is 8. The average molecular weight is 342 g/mol. The molecule has 0 aliphatic heterocycles. The van der Waals surface area contributed by atoms with Crippen molar-refractivity contribution in [2.75, 3.05) is 0 Å². The van der Waals surface area contributed by atoms with Crippen LogP contribution in [-0.4, -0.2) is 30.3 Å². The Morgan fingerprint density at radius 3 is 2.00 bits per heavy atom. The van der Waals surface area contributed by atoms with Crippen molar-refractivity contribution in [2.45, 2.75) is 57.0 Å². The molecule has 0 N–H and O–H groups in total. The number of ether oxygens (including phenoxy) is 1. The molecule has 0 aliphatic carbocycles. The van der Waals surface area contributed by atoms with E-state index in [9.17, 15) is 39.9 Å². The van der Waals surface area contributed by atoms with Crippen molar-refractivity contribution < 1.29 is 44.7 Å². The van der Waals surface area contributed by atoms with Crippen LogP contribution in [0, 0.1) is 0 Å². The summed E-state index contributed by atoms with van der Waals surface area (Å²) in [6.45, 7) is 3.81. The largest absolute Gasteiger partial charge is 0.469 e. The van der Waals surface area contributed by atoms with Crippen LogP contribution in [0.5, 0.6) is 0 Å². The van der Waals surface area contributed by atoms with Gasteiger partial charge in [0.25, 0.3) is 0 Å². The molecule has 0 spiro atoms. The van der Waals surface area contributed by atoms with E-state index in [1.807, 2.05) is 0 Å². The molecule has 0 aromatic rings. The first-order chi connectivity index (χ1) is 9.71. The van der Waals surface area contributed by atoms with Crippen LogP contribution in [0.25, 0.3) is 0 Å². The van der Waals surface area contributed by atoms with E-state index in [1.165, 1.54) is 0 Å². The van der Waals surface area contributed by atoms with Crippen molar-refractivity contribution in [3.05, 3.63) is 12.2 Å². The second kappa shape index (κ2) is 7.28. The average Bonchev–Trinajstić information content (AvgIpc) is 2.32. The van der Waals surface area contributed by atoms with Gasteiger partial charge in [-0.05, 0) is 26.2 Å². The first-order valence-electron chi connectivity index (χ1n) is 6.06. The summed E-state index contributed by atoms with van der Waals surface area (Å²) in [7, 11) is 0. The van der Waals surface area contributed by atoms with Crippen LogP contribution in [0.2, 0.25) is 0 Å². The fourth-order valence-electron chi connectivity index (χ4n) is 1.28. The molecule has 0 heterocycles. The maximum absolute atomic E-state index is 13.2. The van der Waals surface area contributed by atoms with Crippen LogP contribution in [-0.2, 0) is 9.53 Å². The van der Waals surface area contributed by atoms with E-state index < -0.39 is 61.6 Å². The summed E-state index contributed by atoms with van der Waals surface area (Å²) in [6.07, 6.45) is -17.4. The summed E-state index contributed by atoms with van der Waals surface area (Å²) < 4.78 is 104. The Balaban J connectivity index is 4.62. The molecule has 0 aliphatic rings. The zero-order valence-corrected chi connectivity index (χ0v) is 11.5. The highest BCUT2D eigenvalue weighted by molar-refractivity contribution is 5.87. The van der Waals surface area contributed by atoms with Crippen molar-refractivity contribution in [1.29, 1.82) is 0 Å². The number of carbonyl (C=O) groups is 1. The summed E-state index contributed by atoms with van der Waals surface area (Å²) in [5.74, 6) is -7.20. The number of hydrogen-bond donors (Lipinski definition) is 0. The summed E-state index contributed by atoms with van der Waals surface area (Å²) in [5.41, 5.74) is -0.601. The van der Waals surface area contributed by atoms with E-state index in [0.717, 1.165) is 6.92 Å². The Kier molecular flexibility index (Phi) is 6.83. The van der Waals surface area contributed by atoms with E-state index in [-0.39, 0.29) is 0 Å². The van der Waals surface area contributed by atoms with Gasteiger partial charge < -0.3 is 4.74 Å². The molecule has 2 nitrogen and oxygen atoms in total.